The third kappa shape index (κ3) is 2.85. The molecule has 4 aliphatic rings. The van der Waals surface area contributed by atoms with Gasteiger partial charge in [-0.15, -0.1) is 0 Å². The summed E-state index contributed by atoms with van der Waals surface area (Å²) in [5.41, 5.74) is 1.91. The summed E-state index contributed by atoms with van der Waals surface area (Å²) in [6, 6.07) is 0.926. The first-order valence-electron chi connectivity index (χ1n) is 11.6. The van der Waals surface area contributed by atoms with Crippen LogP contribution in [0.4, 0.5) is 0 Å². The number of nitrogens with zero attached hydrogens (tertiary/aromatic N) is 1. The number of aliphatic hydroxyl groups excluding tert-OH is 2. The summed E-state index contributed by atoms with van der Waals surface area (Å²) >= 11 is 0. The average Bonchev–Trinajstić information content (AvgIpc) is 2.99. The van der Waals surface area contributed by atoms with Gasteiger partial charge in [-0.1, -0.05) is 18.6 Å². The van der Waals surface area contributed by atoms with Crippen molar-refractivity contribution in [3.8, 4) is 0 Å². The van der Waals surface area contributed by atoms with Crippen molar-refractivity contribution in [1.82, 2.24) is 10.2 Å². The number of allylic oxidation sites excluding steroid dienone is 1. The molecule has 4 rings (SSSR count). The van der Waals surface area contributed by atoms with E-state index >= 15 is 0 Å². The van der Waals surface area contributed by atoms with E-state index in [0.717, 1.165) is 25.2 Å². The molecular formula is C24H42N2O2. The number of fused-ring (bicyclic) bond motifs is 5. The minimum absolute atomic E-state index is 0.103. The Balaban J connectivity index is 1.66. The monoisotopic (exact) mass is 390 g/mol. The molecule has 28 heavy (non-hydrogen) atoms. The fourth-order valence-electron chi connectivity index (χ4n) is 8.19. The predicted molar refractivity (Wildman–Crippen MR) is 114 cm³/mol. The first-order valence-corrected chi connectivity index (χ1v) is 11.6. The molecule has 9 unspecified atom stereocenters. The normalized spacial score (nSPS) is 49.2. The van der Waals surface area contributed by atoms with Gasteiger partial charge in [0.2, 0.25) is 0 Å². The maximum atomic E-state index is 11.1. The van der Waals surface area contributed by atoms with Gasteiger partial charge in [-0.25, -0.2) is 0 Å². The second-order valence-corrected chi connectivity index (χ2v) is 11.0. The van der Waals surface area contributed by atoms with Gasteiger partial charge < -0.3 is 20.4 Å². The van der Waals surface area contributed by atoms with Crippen LogP contribution >= 0.6 is 0 Å². The van der Waals surface area contributed by atoms with Crippen LogP contribution in [-0.4, -0.2) is 61.1 Å². The van der Waals surface area contributed by atoms with Gasteiger partial charge in [0.15, 0.2) is 0 Å². The van der Waals surface area contributed by atoms with Crippen molar-refractivity contribution in [3.05, 3.63) is 11.6 Å². The Labute approximate surface area is 171 Å². The molecule has 4 aliphatic carbocycles. The predicted octanol–water partition coefficient (Wildman–Crippen LogP) is 3.05. The third-order valence-corrected chi connectivity index (χ3v) is 9.97. The van der Waals surface area contributed by atoms with Crippen LogP contribution < -0.4 is 5.32 Å². The number of aliphatic hydroxyl groups is 2. The first kappa shape index (κ1) is 20.8. The zero-order valence-electron chi connectivity index (χ0n) is 18.6. The van der Waals surface area contributed by atoms with Crippen molar-refractivity contribution >= 4 is 0 Å². The van der Waals surface area contributed by atoms with Gasteiger partial charge in [-0.05, 0) is 96.2 Å². The molecule has 0 heterocycles. The lowest BCUT2D eigenvalue weighted by Crippen LogP contribution is -2.55. The summed E-state index contributed by atoms with van der Waals surface area (Å²) in [6.45, 7) is 4.99. The minimum Gasteiger partial charge on any atom is -0.396 e. The van der Waals surface area contributed by atoms with E-state index in [1.165, 1.54) is 25.7 Å². The first-order chi connectivity index (χ1) is 13.3. The van der Waals surface area contributed by atoms with Crippen molar-refractivity contribution in [2.24, 2.45) is 34.5 Å². The number of hydrogen-bond acceptors (Lipinski definition) is 4. The number of rotatable bonds is 4. The zero-order valence-corrected chi connectivity index (χ0v) is 18.6. The van der Waals surface area contributed by atoms with Crippen molar-refractivity contribution in [2.75, 3.05) is 27.7 Å². The van der Waals surface area contributed by atoms with E-state index < -0.39 is 0 Å². The van der Waals surface area contributed by atoms with E-state index in [0.29, 0.717) is 29.3 Å². The lowest BCUT2D eigenvalue weighted by atomic mass is 9.46. The molecule has 4 nitrogen and oxygen atoms in total. The molecule has 0 amide bonds. The van der Waals surface area contributed by atoms with Crippen molar-refractivity contribution in [3.63, 3.8) is 0 Å². The maximum absolute atomic E-state index is 11.1. The van der Waals surface area contributed by atoms with Gasteiger partial charge in [0, 0.05) is 30.0 Å². The highest BCUT2D eigenvalue weighted by molar-refractivity contribution is 5.26. The molecule has 9 atom stereocenters. The summed E-state index contributed by atoms with van der Waals surface area (Å²) in [7, 11) is 6.32. The molecule has 3 fully saturated rings. The molecule has 0 bridgehead atoms. The SMILES string of the molecule is CNC1CCC2(C)C(=CCC3C2CCC2(CO)C3CC(O)C2C(C)N(C)C)C1. The largest absolute Gasteiger partial charge is 0.396 e. The molecular weight excluding hydrogens is 348 g/mol. The van der Waals surface area contributed by atoms with Crippen molar-refractivity contribution < 1.29 is 10.2 Å². The molecule has 3 N–H and O–H groups in total. The number of hydrogen-bond donors (Lipinski definition) is 3. The summed E-state index contributed by atoms with van der Waals surface area (Å²) in [5.74, 6) is 1.97. The summed E-state index contributed by atoms with van der Waals surface area (Å²) in [4.78, 5) is 2.24. The van der Waals surface area contributed by atoms with Crippen LogP contribution in [-0.2, 0) is 0 Å². The Morgan fingerprint density at radius 3 is 2.64 bits per heavy atom. The van der Waals surface area contributed by atoms with Crippen LogP contribution in [0.15, 0.2) is 11.6 Å². The number of nitrogens with one attached hydrogen (secondary N) is 1. The summed E-state index contributed by atoms with van der Waals surface area (Å²) in [6.07, 6.45) is 10.3. The lowest BCUT2D eigenvalue weighted by Gasteiger charge is -2.59. The molecule has 0 radical (unpaired) electrons. The molecule has 0 aromatic rings. The Hall–Kier alpha value is -0.420. The standard InChI is InChI=1S/C24H42N2O2/c1-15(26(4)5)22-21(28)13-20-18-7-6-16-12-17(25-3)8-10-23(16,2)19(18)9-11-24(20,22)14-27/h6,15,17-22,25,27-28H,7-14H2,1-5H3. The van der Waals surface area contributed by atoms with Gasteiger partial charge in [0.25, 0.3) is 0 Å². The van der Waals surface area contributed by atoms with Gasteiger partial charge >= 0.3 is 0 Å². The third-order valence-electron chi connectivity index (χ3n) is 9.97. The van der Waals surface area contributed by atoms with Crippen LogP contribution in [0.1, 0.15) is 58.8 Å². The highest BCUT2D eigenvalue weighted by Crippen LogP contribution is 2.66. The maximum Gasteiger partial charge on any atom is 0.0592 e. The molecule has 3 saturated carbocycles. The Morgan fingerprint density at radius 1 is 1.25 bits per heavy atom. The molecule has 4 heteroatoms. The van der Waals surface area contributed by atoms with Crippen molar-refractivity contribution in [2.45, 2.75) is 77.0 Å². The van der Waals surface area contributed by atoms with Gasteiger partial charge in [-0.3, -0.25) is 0 Å². The van der Waals surface area contributed by atoms with Crippen LogP contribution in [0.5, 0.6) is 0 Å². The molecule has 0 aromatic carbocycles. The van der Waals surface area contributed by atoms with Crippen LogP contribution in [0.2, 0.25) is 0 Å². The van der Waals surface area contributed by atoms with E-state index in [9.17, 15) is 10.2 Å². The Bertz CT molecular complexity index is 620. The van der Waals surface area contributed by atoms with Gasteiger partial charge in [0.1, 0.15) is 0 Å². The quantitative estimate of drug-likeness (QED) is 0.646. The topological polar surface area (TPSA) is 55.7 Å². The van der Waals surface area contributed by atoms with Crippen LogP contribution in [0, 0.1) is 34.5 Å². The molecule has 0 spiro atoms. The average molecular weight is 391 g/mol. The van der Waals surface area contributed by atoms with Gasteiger partial charge in [0.05, 0.1) is 6.10 Å². The highest BCUT2D eigenvalue weighted by atomic mass is 16.3. The second kappa shape index (κ2) is 7.37. The van der Waals surface area contributed by atoms with E-state index in [1.54, 1.807) is 5.57 Å². The Kier molecular flexibility index (Phi) is 5.48. The van der Waals surface area contributed by atoms with Crippen LogP contribution in [0.25, 0.3) is 0 Å². The smallest absolute Gasteiger partial charge is 0.0592 e. The fourth-order valence-corrected chi connectivity index (χ4v) is 8.19. The fraction of sp³-hybridized carbons (Fsp3) is 0.917. The van der Waals surface area contributed by atoms with E-state index in [-0.39, 0.29) is 24.0 Å². The molecule has 0 aliphatic heterocycles. The summed E-state index contributed by atoms with van der Waals surface area (Å²) < 4.78 is 0. The highest BCUT2D eigenvalue weighted by Gasteiger charge is 2.63. The van der Waals surface area contributed by atoms with Gasteiger partial charge in [-0.2, -0.15) is 0 Å². The molecule has 0 saturated heterocycles. The minimum atomic E-state index is -0.286. The van der Waals surface area contributed by atoms with E-state index in [2.05, 4.69) is 51.3 Å². The van der Waals surface area contributed by atoms with E-state index in [4.69, 9.17) is 0 Å². The van der Waals surface area contributed by atoms with E-state index in [1.807, 2.05) is 0 Å². The molecule has 0 aromatic heterocycles. The summed E-state index contributed by atoms with van der Waals surface area (Å²) in [5, 5.41) is 25.3. The lowest BCUT2D eigenvalue weighted by molar-refractivity contribution is -0.0946. The second-order valence-electron chi connectivity index (χ2n) is 11.0. The van der Waals surface area contributed by atoms with Crippen molar-refractivity contribution in [1.29, 1.82) is 0 Å². The Morgan fingerprint density at radius 2 is 2.00 bits per heavy atom. The van der Waals surface area contributed by atoms with Crippen LogP contribution in [0.3, 0.4) is 0 Å². The molecule has 160 valence electrons. The zero-order chi connectivity index (χ0) is 20.3.